The summed E-state index contributed by atoms with van der Waals surface area (Å²) in [6, 6.07) is 3.97. The van der Waals surface area contributed by atoms with Gasteiger partial charge in [-0.1, -0.05) is 30.3 Å². The molecule has 1 aromatic rings. The summed E-state index contributed by atoms with van der Waals surface area (Å²) in [4.78, 5) is 62.2. The summed E-state index contributed by atoms with van der Waals surface area (Å²) in [5.41, 5.74) is 6.18. The third kappa shape index (κ3) is 7.52. The van der Waals surface area contributed by atoms with Crippen molar-refractivity contribution in [1.29, 1.82) is 0 Å². The number of carboxylic acids is 2. The average molecular weight is 479 g/mol. The van der Waals surface area contributed by atoms with Crippen molar-refractivity contribution in [3.05, 3.63) is 35.9 Å². The maximum Gasteiger partial charge on any atom is 0.326 e. The molecule has 34 heavy (non-hydrogen) atoms. The number of carbonyl (C=O) groups is 5. The number of carboxylic acid groups (broad SMARTS) is 2. The lowest BCUT2D eigenvalue weighted by molar-refractivity contribution is -0.149. The fourth-order valence-corrected chi connectivity index (χ4v) is 3.71. The normalized spacial score (nSPS) is 17.9. The van der Waals surface area contributed by atoms with Gasteiger partial charge in [-0.25, -0.2) is 4.79 Å². The summed E-state index contributed by atoms with van der Waals surface area (Å²) in [6.45, 7) is -0.457. The van der Waals surface area contributed by atoms with E-state index in [9.17, 15) is 29.1 Å². The van der Waals surface area contributed by atoms with Gasteiger partial charge in [-0.15, -0.1) is 0 Å². The van der Waals surface area contributed by atoms with Gasteiger partial charge in [-0.05, 0) is 24.8 Å². The highest BCUT2D eigenvalue weighted by Gasteiger charge is 2.38. The number of aliphatic carboxylic acids is 2. The van der Waals surface area contributed by atoms with Gasteiger partial charge in [0.25, 0.3) is 0 Å². The molecule has 0 aromatic heterocycles. The molecule has 0 spiro atoms. The Morgan fingerprint density at radius 3 is 2.26 bits per heavy atom. The van der Waals surface area contributed by atoms with Crippen LogP contribution in [0.5, 0.6) is 0 Å². The average Bonchev–Trinajstić information content (AvgIpc) is 3.31. The summed E-state index contributed by atoms with van der Waals surface area (Å²) < 4.78 is 0. The van der Waals surface area contributed by atoms with Crippen LogP contribution in [0.3, 0.4) is 0 Å². The molecule has 7 N–H and O–H groups in total. The van der Waals surface area contributed by atoms with E-state index in [4.69, 9.17) is 15.9 Å². The lowest BCUT2D eigenvalue weighted by Crippen LogP contribution is -2.58. The van der Waals surface area contributed by atoms with E-state index in [0.717, 1.165) is 0 Å². The molecular formula is C22H30N4O8. The van der Waals surface area contributed by atoms with Crippen molar-refractivity contribution in [1.82, 2.24) is 15.5 Å². The first kappa shape index (κ1) is 26.7. The highest BCUT2D eigenvalue weighted by atomic mass is 16.4. The lowest BCUT2D eigenvalue weighted by atomic mass is 10.0. The molecule has 12 nitrogen and oxygen atoms in total. The van der Waals surface area contributed by atoms with Crippen LogP contribution in [0, 0.1) is 0 Å². The Labute approximate surface area is 196 Å². The number of aliphatic hydroxyl groups excluding tert-OH is 1. The Bertz CT molecular complexity index is 894. The Morgan fingerprint density at radius 2 is 1.68 bits per heavy atom. The second kappa shape index (κ2) is 12.7. The summed E-state index contributed by atoms with van der Waals surface area (Å²) in [5.74, 6) is -4.60. The topological polar surface area (TPSA) is 199 Å². The second-order valence-corrected chi connectivity index (χ2v) is 8.06. The third-order valence-electron chi connectivity index (χ3n) is 5.53. The first-order chi connectivity index (χ1) is 16.1. The number of nitrogens with one attached hydrogen (secondary N) is 2. The molecule has 1 aromatic carbocycles. The van der Waals surface area contributed by atoms with Gasteiger partial charge in [-0.2, -0.15) is 0 Å². The molecular weight excluding hydrogens is 448 g/mol. The fraction of sp³-hybridized carbons (Fsp3) is 0.500. The second-order valence-electron chi connectivity index (χ2n) is 8.06. The molecule has 1 heterocycles. The molecule has 186 valence electrons. The number of benzene rings is 1. The van der Waals surface area contributed by atoms with Crippen LogP contribution in [-0.2, 0) is 30.4 Å². The van der Waals surface area contributed by atoms with Crippen LogP contribution < -0.4 is 16.4 Å². The largest absolute Gasteiger partial charge is 0.481 e. The zero-order valence-electron chi connectivity index (χ0n) is 18.6. The molecule has 4 atom stereocenters. The van der Waals surface area contributed by atoms with Crippen molar-refractivity contribution in [2.75, 3.05) is 13.2 Å². The van der Waals surface area contributed by atoms with E-state index in [0.29, 0.717) is 18.4 Å². The van der Waals surface area contributed by atoms with Gasteiger partial charge in [0.1, 0.15) is 24.2 Å². The quantitative estimate of drug-likeness (QED) is 0.206. The van der Waals surface area contributed by atoms with Crippen molar-refractivity contribution in [2.24, 2.45) is 5.73 Å². The number of likely N-dealkylation sites (tertiary alicyclic amines) is 1. The molecule has 1 aliphatic heterocycles. The highest BCUT2D eigenvalue weighted by molar-refractivity contribution is 5.94. The number of nitrogens with zero attached hydrogens (tertiary/aromatic N) is 1. The van der Waals surface area contributed by atoms with Crippen molar-refractivity contribution >= 4 is 29.7 Å². The molecule has 1 saturated heterocycles. The number of carbonyl (C=O) groups excluding carboxylic acids is 3. The zero-order valence-corrected chi connectivity index (χ0v) is 18.6. The molecule has 1 aliphatic rings. The van der Waals surface area contributed by atoms with Gasteiger partial charge in [0.05, 0.1) is 6.61 Å². The molecule has 3 amide bonds. The van der Waals surface area contributed by atoms with Gasteiger partial charge < -0.3 is 36.6 Å². The van der Waals surface area contributed by atoms with E-state index in [1.807, 2.05) is 0 Å². The van der Waals surface area contributed by atoms with Crippen LogP contribution in [0.15, 0.2) is 30.3 Å². The molecule has 1 fully saturated rings. The minimum absolute atomic E-state index is 0.0595. The van der Waals surface area contributed by atoms with Gasteiger partial charge in [-0.3, -0.25) is 19.2 Å². The van der Waals surface area contributed by atoms with Gasteiger partial charge in [0, 0.05) is 19.4 Å². The third-order valence-corrected chi connectivity index (χ3v) is 5.53. The van der Waals surface area contributed by atoms with E-state index in [-0.39, 0.29) is 19.4 Å². The van der Waals surface area contributed by atoms with Crippen LogP contribution in [0.2, 0.25) is 0 Å². The van der Waals surface area contributed by atoms with E-state index < -0.39 is 66.9 Å². The van der Waals surface area contributed by atoms with Crippen LogP contribution in [0.25, 0.3) is 0 Å². The van der Waals surface area contributed by atoms with E-state index in [1.54, 1.807) is 30.3 Å². The Hall–Kier alpha value is -3.51. The standard InChI is InChI=1S/C22H30N4O8/c23-14(12-27)19(30)24-15(8-9-18(28)29)20(31)25-16(11-13-5-2-1-3-6-13)21(32)26-10-4-7-17(26)22(33)34/h1-3,5-6,14-17,27H,4,7-12,23H2,(H,24,30)(H,25,31)(H,28,29)(H,33,34). The first-order valence-corrected chi connectivity index (χ1v) is 10.9. The van der Waals surface area contributed by atoms with Gasteiger partial charge in [0.15, 0.2) is 0 Å². The van der Waals surface area contributed by atoms with Crippen LogP contribution >= 0.6 is 0 Å². The fourth-order valence-electron chi connectivity index (χ4n) is 3.71. The molecule has 12 heteroatoms. The Morgan fingerprint density at radius 1 is 1.03 bits per heavy atom. The molecule has 0 aliphatic carbocycles. The van der Waals surface area contributed by atoms with Crippen LogP contribution in [-0.4, -0.2) is 87.2 Å². The summed E-state index contributed by atoms with van der Waals surface area (Å²) >= 11 is 0. The monoisotopic (exact) mass is 478 g/mol. The van der Waals surface area contributed by atoms with E-state index in [2.05, 4.69) is 10.6 Å². The minimum atomic E-state index is -1.33. The lowest BCUT2D eigenvalue weighted by Gasteiger charge is -2.29. The summed E-state index contributed by atoms with van der Waals surface area (Å²) in [6.07, 6.45) is 0.133. The predicted octanol–water partition coefficient (Wildman–Crippen LogP) is -1.54. The van der Waals surface area contributed by atoms with Gasteiger partial charge in [0.2, 0.25) is 17.7 Å². The summed E-state index contributed by atoms with van der Waals surface area (Å²) in [5, 5.41) is 32.4. The maximum absolute atomic E-state index is 13.3. The van der Waals surface area contributed by atoms with Crippen LogP contribution in [0.1, 0.15) is 31.2 Å². The molecule has 0 radical (unpaired) electrons. The number of hydrogen-bond acceptors (Lipinski definition) is 7. The zero-order chi connectivity index (χ0) is 25.3. The minimum Gasteiger partial charge on any atom is -0.481 e. The number of nitrogens with two attached hydrogens (primary N) is 1. The molecule has 0 bridgehead atoms. The van der Waals surface area contributed by atoms with Crippen molar-refractivity contribution in [3.63, 3.8) is 0 Å². The van der Waals surface area contributed by atoms with Crippen molar-refractivity contribution < 1.29 is 39.3 Å². The molecule has 4 unspecified atom stereocenters. The number of amides is 3. The number of aliphatic hydroxyl groups is 1. The van der Waals surface area contributed by atoms with Gasteiger partial charge >= 0.3 is 11.9 Å². The maximum atomic E-state index is 13.3. The molecule has 0 saturated carbocycles. The van der Waals surface area contributed by atoms with E-state index >= 15 is 0 Å². The van der Waals surface area contributed by atoms with Crippen LogP contribution in [0.4, 0.5) is 0 Å². The molecule has 2 rings (SSSR count). The number of hydrogen-bond donors (Lipinski definition) is 6. The van der Waals surface area contributed by atoms with Crippen molar-refractivity contribution in [2.45, 2.75) is 56.3 Å². The Balaban J connectivity index is 2.25. The first-order valence-electron chi connectivity index (χ1n) is 10.9. The van der Waals surface area contributed by atoms with E-state index in [1.165, 1.54) is 4.90 Å². The summed E-state index contributed by atoms with van der Waals surface area (Å²) in [7, 11) is 0. The Kier molecular flexibility index (Phi) is 9.95. The number of rotatable bonds is 12. The predicted molar refractivity (Wildman–Crippen MR) is 118 cm³/mol. The SMILES string of the molecule is NC(CO)C(=O)NC(CCC(=O)O)C(=O)NC(Cc1ccccc1)C(=O)N1CCCC1C(=O)O. The van der Waals surface area contributed by atoms with Crippen molar-refractivity contribution in [3.8, 4) is 0 Å². The highest BCUT2D eigenvalue weighted by Crippen LogP contribution is 2.20. The smallest absolute Gasteiger partial charge is 0.326 e.